The minimum Gasteiger partial charge on any atom is -0.365 e. The third kappa shape index (κ3) is 2.16. The second-order valence-electron chi connectivity index (χ2n) is 3.05. The molecule has 0 saturated heterocycles. The Morgan fingerprint density at radius 3 is 2.38 bits per heavy atom. The van der Waals surface area contributed by atoms with Crippen molar-refractivity contribution < 1.29 is 18.1 Å². The first kappa shape index (κ1) is 12.1. The van der Waals surface area contributed by atoms with Crippen LogP contribution in [0.3, 0.4) is 0 Å². The fourth-order valence-electron chi connectivity index (χ4n) is 1.21. The predicted octanol–water partition coefficient (Wildman–Crippen LogP) is 0.0972. The lowest BCUT2D eigenvalue weighted by atomic mass is 10.2. The molecule has 2 N–H and O–H groups in total. The molecule has 0 aliphatic carbocycles. The molecule has 0 aliphatic rings. The van der Waals surface area contributed by atoms with Gasteiger partial charge >= 0.3 is 5.69 Å². The van der Waals surface area contributed by atoms with Gasteiger partial charge in [-0.25, -0.2) is 8.42 Å². The maximum absolute atomic E-state index is 11.3. The Bertz CT molecular complexity index is 564. The molecule has 0 aromatic heterocycles. The Morgan fingerprint density at radius 2 is 2.00 bits per heavy atom. The van der Waals surface area contributed by atoms with Gasteiger partial charge in [0.1, 0.15) is 10.5 Å². The monoisotopic (exact) mass is 244 g/mol. The molecule has 0 heterocycles. The van der Waals surface area contributed by atoms with E-state index in [0.29, 0.717) is 0 Å². The van der Waals surface area contributed by atoms with Gasteiger partial charge in [-0.3, -0.25) is 14.9 Å². The Kier molecular flexibility index (Phi) is 2.95. The maximum Gasteiger partial charge on any atom is 0.300 e. The fourth-order valence-corrected chi connectivity index (χ4v) is 2.07. The summed E-state index contributed by atoms with van der Waals surface area (Å²) in [7, 11) is -3.78. The molecule has 16 heavy (non-hydrogen) atoms. The Morgan fingerprint density at radius 1 is 1.44 bits per heavy atom. The van der Waals surface area contributed by atoms with Gasteiger partial charge in [-0.2, -0.15) is 0 Å². The first-order valence-corrected chi connectivity index (χ1v) is 5.91. The summed E-state index contributed by atoms with van der Waals surface area (Å²) in [6.07, 6.45) is 0.820. The van der Waals surface area contributed by atoms with Gasteiger partial charge in [0.2, 0.25) is 0 Å². The van der Waals surface area contributed by atoms with Gasteiger partial charge in [0, 0.05) is 6.26 Å². The third-order valence-corrected chi connectivity index (χ3v) is 2.97. The number of para-hydroxylation sites is 1. The molecule has 0 atom stereocenters. The van der Waals surface area contributed by atoms with Gasteiger partial charge in [-0.05, 0) is 12.1 Å². The SMILES string of the molecule is CS(=O)(=O)c1cccc(C(N)=O)c1[N+](=O)[O-]. The topological polar surface area (TPSA) is 120 Å². The second kappa shape index (κ2) is 3.89. The number of nitrogens with zero attached hydrogens (tertiary/aromatic N) is 1. The number of carbonyl (C=O) groups excluding carboxylic acids is 1. The molecule has 0 saturated carbocycles. The van der Waals surface area contributed by atoms with Gasteiger partial charge in [0.25, 0.3) is 5.91 Å². The molecule has 1 aromatic carbocycles. The van der Waals surface area contributed by atoms with E-state index in [2.05, 4.69) is 0 Å². The van der Waals surface area contributed by atoms with Gasteiger partial charge in [-0.1, -0.05) is 6.07 Å². The zero-order valence-electron chi connectivity index (χ0n) is 8.21. The number of nitro groups is 1. The molecule has 0 radical (unpaired) electrons. The first-order valence-electron chi connectivity index (χ1n) is 4.02. The van der Waals surface area contributed by atoms with Crippen LogP contribution in [-0.2, 0) is 9.84 Å². The molecular weight excluding hydrogens is 236 g/mol. The van der Waals surface area contributed by atoms with Crippen LogP contribution in [0.25, 0.3) is 0 Å². The maximum atomic E-state index is 11.3. The first-order chi connectivity index (χ1) is 7.25. The molecule has 86 valence electrons. The van der Waals surface area contributed by atoms with Crippen LogP contribution in [0.2, 0.25) is 0 Å². The van der Waals surface area contributed by atoms with Gasteiger partial charge in [0.05, 0.1) is 4.92 Å². The normalized spacial score (nSPS) is 11.1. The number of amides is 1. The zero-order chi connectivity index (χ0) is 12.5. The van der Waals surface area contributed by atoms with Gasteiger partial charge in [-0.15, -0.1) is 0 Å². The zero-order valence-corrected chi connectivity index (χ0v) is 9.02. The molecular formula is C8H8N2O5S. The molecule has 1 rings (SSSR count). The van der Waals surface area contributed by atoms with Crippen LogP contribution in [0.15, 0.2) is 23.1 Å². The van der Waals surface area contributed by atoms with Crippen LogP contribution in [0.1, 0.15) is 10.4 Å². The molecule has 1 aromatic rings. The van der Waals surface area contributed by atoms with Crippen LogP contribution in [0, 0.1) is 10.1 Å². The summed E-state index contributed by atoms with van der Waals surface area (Å²) in [6, 6.07) is 3.39. The van der Waals surface area contributed by atoms with Crippen molar-refractivity contribution in [1.29, 1.82) is 0 Å². The van der Waals surface area contributed by atoms with Crippen molar-refractivity contribution in [3.05, 3.63) is 33.9 Å². The van der Waals surface area contributed by atoms with Gasteiger partial charge < -0.3 is 5.73 Å². The van der Waals surface area contributed by atoms with E-state index < -0.39 is 36.8 Å². The van der Waals surface area contributed by atoms with Crippen molar-refractivity contribution in [3.8, 4) is 0 Å². The summed E-state index contributed by atoms with van der Waals surface area (Å²) in [5.41, 5.74) is 3.72. The molecule has 0 aliphatic heterocycles. The van der Waals surface area contributed by atoms with Crippen LogP contribution in [0.5, 0.6) is 0 Å². The molecule has 1 amide bonds. The quantitative estimate of drug-likeness (QED) is 0.597. The smallest absolute Gasteiger partial charge is 0.300 e. The van der Waals surface area contributed by atoms with Crippen molar-refractivity contribution in [2.24, 2.45) is 5.73 Å². The summed E-state index contributed by atoms with van der Waals surface area (Å²) in [4.78, 5) is 20.2. The number of hydrogen-bond donors (Lipinski definition) is 1. The van der Waals surface area contributed by atoms with Crippen LogP contribution >= 0.6 is 0 Å². The molecule has 8 heteroatoms. The van der Waals surface area contributed by atoms with E-state index in [9.17, 15) is 23.3 Å². The van der Waals surface area contributed by atoms with E-state index in [0.717, 1.165) is 18.4 Å². The number of hydrogen-bond acceptors (Lipinski definition) is 5. The minimum atomic E-state index is -3.78. The molecule has 7 nitrogen and oxygen atoms in total. The van der Waals surface area contributed by atoms with Crippen LogP contribution in [-0.4, -0.2) is 25.5 Å². The molecule has 0 unspecified atom stereocenters. The molecule has 0 spiro atoms. The summed E-state index contributed by atoms with van der Waals surface area (Å²) < 4.78 is 22.6. The molecule has 0 fully saturated rings. The lowest BCUT2D eigenvalue weighted by Gasteiger charge is -2.03. The number of nitrogens with two attached hydrogens (primary N) is 1. The Labute approximate surface area is 90.9 Å². The number of carbonyl (C=O) groups is 1. The van der Waals surface area contributed by atoms with Crippen molar-refractivity contribution in [1.82, 2.24) is 0 Å². The summed E-state index contributed by atoms with van der Waals surface area (Å²) in [5, 5.41) is 10.7. The number of rotatable bonds is 3. The minimum absolute atomic E-state index is 0.423. The summed E-state index contributed by atoms with van der Waals surface area (Å²) >= 11 is 0. The predicted molar refractivity (Wildman–Crippen MR) is 54.7 cm³/mol. The Hall–Kier alpha value is -1.96. The van der Waals surface area contributed by atoms with Crippen LogP contribution < -0.4 is 5.73 Å². The average Bonchev–Trinajstić information content (AvgIpc) is 2.14. The van der Waals surface area contributed by atoms with Crippen molar-refractivity contribution in [3.63, 3.8) is 0 Å². The summed E-state index contributed by atoms with van der Waals surface area (Å²) in [5.74, 6) is -1.04. The van der Waals surface area contributed by atoms with E-state index in [1.807, 2.05) is 0 Å². The number of benzene rings is 1. The number of sulfone groups is 1. The van der Waals surface area contributed by atoms with E-state index in [4.69, 9.17) is 5.73 Å². The lowest BCUT2D eigenvalue weighted by molar-refractivity contribution is -0.388. The van der Waals surface area contributed by atoms with Crippen molar-refractivity contribution in [2.45, 2.75) is 4.90 Å². The lowest BCUT2D eigenvalue weighted by Crippen LogP contribution is -2.15. The van der Waals surface area contributed by atoms with Gasteiger partial charge in [0.15, 0.2) is 9.84 Å². The third-order valence-electron chi connectivity index (χ3n) is 1.85. The summed E-state index contributed by atoms with van der Waals surface area (Å²) in [6.45, 7) is 0. The van der Waals surface area contributed by atoms with Crippen molar-refractivity contribution in [2.75, 3.05) is 6.26 Å². The van der Waals surface area contributed by atoms with Crippen LogP contribution in [0.4, 0.5) is 5.69 Å². The highest BCUT2D eigenvalue weighted by atomic mass is 32.2. The van der Waals surface area contributed by atoms with E-state index >= 15 is 0 Å². The second-order valence-corrected chi connectivity index (χ2v) is 5.03. The van der Waals surface area contributed by atoms with Crippen molar-refractivity contribution >= 4 is 21.4 Å². The van der Waals surface area contributed by atoms with E-state index in [1.165, 1.54) is 6.07 Å². The molecule has 0 bridgehead atoms. The number of nitro benzene ring substituents is 1. The average molecular weight is 244 g/mol. The largest absolute Gasteiger partial charge is 0.365 e. The van der Waals surface area contributed by atoms with E-state index in [1.54, 1.807) is 0 Å². The highest BCUT2D eigenvalue weighted by molar-refractivity contribution is 7.90. The highest BCUT2D eigenvalue weighted by Crippen LogP contribution is 2.27. The Balaban J connectivity index is 3.72. The fraction of sp³-hybridized carbons (Fsp3) is 0.125. The highest BCUT2D eigenvalue weighted by Gasteiger charge is 2.27. The number of primary amides is 1. The van der Waals surface area contributed by atoms with E-state index in [-0.39, 0.29) is 0 Å². The standard InChI is InChI=1S/C8H8N2O5S/c1-16(14,15)6-4-2-3-5(8(9)11)7(6)10(12)13/h2-4H,1H3,(H2,9,11).